The number of aryl methyl sites for hydroxylation is 1. The van der Waals surface area contributed by atoms with Gasteiger partial charge in [-0.3, -0.25) is 24.1 Å². The minimum atomic E-state index is -1.04. The molecule has 0 radical (unpaired) electrons. The maximum atomic E-state index is 14.0. The van der Waals surface area contributed by atoms with E-state index in [0.29, 0.717) is 56.7 Å². The van der Waals surface area contributed by atoms with E-state index in [4.69, 9.17) is 18.7 Å². The Bertz CT molecular complexity index is 1360. The summed E-state index contributed by atoms with van der Waals surface area (Å²) in [7, 11) is 1.57. The molecule has 4 atom stereocenters. The van der Waals surface area contributed by atoms with Gasteiger partial charge in [0.15, 0.2) is 5.78 Å². The van der Waals surface area contributed by atoms with Crippen molar-refractivity contribution in [2.24, 2.45) is 5.92 Å². The molecule has 1 saturated carbocycles. The van der Waals surface area contributed by atoms with E-state index in [-0.39, 0.29) is 24.5 Å². The number of epoxide rings is 1. The van der Waals surface area contributed by atoms with Crippen LogP contribution in [0.1, 0.15) is 60.8 Å². The third kappa shape index (κ3) is 8.92. The molecular weight excluding hydrogens is 594 g/mol. The molecule has 0 spiro atoms. The average molecular weight is 640 g/mol. The molecule has 1 aliphatic carbocycles. The van der Waals surface area contributed by atoms with Crippen molar-refractivity contribution in [2.45, 2.75) is 76.1 Å². The molecule has 46 heavy (non-hydrogen) atoms. The predicted molar refractivity (Wildman–Crippen MR) is 166 cm³/mol. The lowest BCUT2D eigenvalue weighted by Gasteiger charge is -2.31. The summed E-state index contributed by atoms with van der Waals surface area (Å²) in [5, 5.41) is 12.4. The summed E-state index contributed by atoms with van der Waals surface area (Å²) in [5.74, 6) is -0.794. The Balaban J connectivity index is 1.36. The molecule has 13 heteroatoms. The van der Waals surface area contributed by atoms with Crippen molar-refractivity contribution in [3.63, 3.8) is 0 Å². The summed E-state index contributed by atoms with van der Waals surface area (Å²) < 4.78 is 21.3. The van der Waals surface area contributed by atoms with Crippen LogP contribution < -0.4 is 20.7 Å². The molecule has 2 saturated heterocycles. The van der Waals surface area contributed by atoms with Gasteiger partial charge in [0.1, 0.15) is 23.4 Å². The summed E-state index contributed by atoms with van der Waals surface area (Å²) >= 11 is 0. The van der Waals surface area contributed by atoms with E-state index in [9.17, 15) is 19.2 Å². The highest BCUT2D eigenvalue weighted by Crippen LogP contribution is 2.33. The fourth-order valence-electron chi connectivity index (χ4n) is 6.12. The smallest absolute Gasteiger partial charge is 0.290 e. The normalized spacial score (nSPS) is 22.0. The highest BCUT2D eigenvalue weighted by Gasteiger charge is 2.50. The Morgan fingerprint density at radius 1 is 1.00 bits per heavy atom. The second kappa shape index (κ2) is 15.2. The number of ether oxygens (including phenoxy) is 3. The first-order valence-electron chi connectivity index (χ1n) is 16.1. The maximum Gasteiger partial charge on any atom is 0.290 e. The van der Waals surface area contributed by atoms with Crippen LogP contribution in [0.2, 0.25) is 0 Å². The second-order valence-electron chi connectivity index (χ2n) is 12.7. The molecule has 0 unspecified atom stereocenters. The number of hydrogen-bond donors (Lipinski definition) is 3. The topological polar surface area (TPSA) is 165 Å². The maximum absolute atomic E-state index is 14.0. The molecule has 0 bridgehead atoms. The van der Waals surface area contributed by atoms with Crippen molar-refractivity contribution in [3.05, 3.63) is 47.3 Å². The van der Waals surface area contributed by atoms with Crippen molar-refractivity contribution in [1.29, 1.82) is 0 Å². The van der Waals surface area contributed by atoms with Crippen molar-refractivity contribution >= 4 is 23.5 Å². The van der Waals surface area contributed by atoms with Crippen LogP contribution in [0.15, 0.2) is 34.9 Å². The number of Topliss-reactive ketones (excluding diaryl/α,β-unsaturated/α-hetero) is 1. The molecule has 1 aromatic heterocycles. The van der Waals surface area contributed by atoms with E-state index in [1.165, 1.54) is 6.07 Å². The summed E-state index contributed by atoms with van der Waals surface area (Å²) in [6.45, 7) is 6.14. The Kier molecular flexibility index (Phi) is 11.1. The summed E-state index contributed by atoms with van der Waals surface area (Å²) in [6.07, 6.45) is 4.91. The molecular formula is C33H45N5O8. The van der Waals surface area contributed by atoms with Gasteiger partial charge >= 0.3 is 0 Å². The first kappa shape index (κ1) is 33.6. The zero-order valence-electron chi connectivity index (χ0n) is 26.8. The van der Waals surface area contributed by atoms with Crippen LogP contribution in [0.3, 0.4) is 0 Å². The molecule has 1 aromatic carbocycles. The molecule has 3 aliphatic rings. The van der Waals surface area contributed by atoms with Crippen LogP contribution in [0, 0.1) is 12.8 Å². The van der Waals surface area contributed by atoms with Gasteiger partial charge in [-0.1, -0.05) is 43.0 Å². The molecule has 3 fully saturated rings. The Labute approximate surface area is 269 Å². The number of aromatic nitrogens is 1. The molecule has 3 N–H and O–H groups in total. The highest BCUT2D eigenvalue weighted by molar-refractivity contribution is 5.99. The van der Waals surface area contributed by atoms with Gasteiger partial charge in [-0.25, -0.2) is 0 Å². The van der Waals surface area contributed by atoms with E-state index in [1.807, 2.05) is 17.0 Å². The SMILES string of the molecule is COc1ccc(C[C@H](NC(=O)[C@@H](CN2CCOCC2)NC(=O)c2cc(C)no2)C(=O)N[C@@H](CC2CCCC2)C(=O)[C@]2(C)CO2)cc1. The Morgan fingerprint density at radius 3 is 2.26 bits per heavy atom. The van der Waals surface area contributed by atoms with Gasteiger partial charge in [0, 0.05) is 32.1 Å². The molecule has 3 heterocycles. The monoisotopic (exact) mass is 639 g/mol. The van der Waals surface area contributed by atoms with Crippen molar-refractivity contribution < 1.29 is 37.9 Å². The van der Waals surface area contributed by atoms with Crippen LogP contribution in [0.4, 0.5) is 0 Å². The van der Waals surface area contributed by atoms with Gasteiger partial charge in [-0.15, -0.1) is 0 Å². The van der Waals surface area contributed by atoms with Gasteiger partial charge in [-0.2, -0.15) is 0 Å². The number of rotatable bonds is 15. The fraction of sp³-hybridized carbons (Fsp3) is 0.606. The number of hydrogen-bond acceptors (Lipinski definition) is 10. The number of carbonyl (C=O) groups is 4. The highest BCUT2D eigenvalue weighted by atomic mass is 16.6. The van der Waals surface area contributed by atoms with Crippen LogP contribution in [0.25, 0.3) is 0 Å². The molecule has 250 valence electrons. The number of ketones is 1. The van der Waals surface area contributed by atoms with Crippen molar-refractivity contribution in [3.8, 4) is 5.75 Å². The number of morpholine rings is 1. The van der Waals surface area contributed by atoms with Gasteiger partial charge in [0.25, 0.3) is 5.91 Å². The molecule has 5 rings (SSSR count). The quantitative estimate of drug-likeness (QED) is 0.244. The fourth-order valence-corrected chi connectivity index (χ4v) is 6.12. The first-order valence-corrected chi connectivity index (χ1v) is 16.1. The average Bonchev–Trinajstić information content (AvgIpc) is 3.38. The number of nitrogens with zero attached hydrogens (tertiary/aromatic N) is 2. The lowest BCUT2D eigenvalue weighted by atomic mass is 9.90. The van der Waals surface area contributed by atoms with Crippen LogP contribution in [0.5, 0.6) is 5.75 Å². The molecule has 2 aromatic rings. The number of nitrogens with one attached hydrogen (secondary N) is 3. The number of carbonyl (C=O) groups excluding carboxylic acids is 4. The van der Waals surface area contributed by atoms with E-state index in [2.05, 4.69) is 21.1 Å². The molecule has 2 aliphatic heterocycles. The van der Waals surface area contributed by atoms with Crippen LogP contribution >= 0.6 is 0 Å². The lowest BCUT2D eigenvalue weighted by molar-refractivity contribution is -0.133. The minimum Gasteiger partial charge on any atom is -0.497 e. The summed E-state index contributed by atoms with van der Waals surface area (Å²) in [6, 6.07) is 5.91. The predicted octanol–water partition coefficient (Wildman–Crippen LogP) is 1.57. The zero-order chi connectivity index (χ0) is 32.7. The Hall–Kier alpha value is -3.81. The third-order valence-electron chi connectivity index (χ3n) is 9.03. The van der Waals surface area contributed by atoms with Gasteiger partial charge in [-0.05, 0) is 43.9 Å². The molecule has 13 nitrogen and oxygen atoms in total. The van der Waals surface area contributed by atoms with Crippen molar-refractivity contribution in [2.75, 3.05) is 46.6 Å². The van der Waals surface area contributed by atoms with Gasteiger partial charge in [0.05, 0.1) is 38.7 Å². The van der Waals surface area contributed by atoms with Crippen LogP contribution in [-0.2, 0) is 30.3 Å². The van der Waals surface area contributed by atoms with Crippen molar-refractivity contribution in [1.82, 2.24) is 26.0 Å². The summed E-state index contributed by atoms with van der Waals surface area (Å²) in [4.78, 5) is 56.5. The Morgan fingerprint density at radius 2 is 1.65 bits per heavy atom. The van der Waals surface area contributed by atoms with E-state index < -0.39 is 41.4 Å². The molecule has 3 amide bonds. The van der Waals surface area contributed by atoms with Gasteiger partial charge < -0.3 is 34.7 Å². The van der Waals surface area contributed by atoms with Gasteiger partial charge in [0.2, 0.25) is 17.6 Å². The first-order chi connectivity index (χ1) is 22.1. The van der Waals surface area contributed by atoms with Crippen LogP contribution in [-0.4, -0.2) is 104 Å². The summed E-state index contributed by atoms with van der Waals surface area (Å²) in [5.41, 5.74) is 0.406. The van der Waals surface area contributed by atoms with E-state index in [0.717, 1.165) is 31.2 Å². The number of methoxy groups -OCH3 is 1. The minimum absolute atomic E-state index is 0.0196. The lowest BCUT2D eigenvalue weighted by Crippen LogP contribution is -2.59. The number of amides is 3. The van der Waals surface area contributed by atoms with E-state index in [1.54, 1.807) is 33.1 Å². The standard InChI is InChI=1S/C33H45N5O8/c1-21-16-28(46-37-21)32(42)36-27(19-38-12-14-44-15-13-38)31(41)35-26(18-23-8-10-24(43-3)11-9-23)30(40)34-25(17-22-6-4-5-7-22)29(39)33(2)20-45-33/h8-11,16,22,25-27H,4-7,12-15,17-20H2,1-3H3,(H,34,40)(H,35,41)(H,36,42)/t25-,26-,27+,33-/m0/s1. The second-order valence-corrected chi connectivity index (χ2v) is 12.7. The third-order valence-corrected chi connectivity index (χ3v) is 9.03. The zero-order valence-corrected chi connectivity index (χ0v) is 26.8. The van der Waals surface area contributed by atoms with E-state index >= 15 is 0 Å². The number of benzene rings is 1. The largest absolute Gasteiger partial charge is 0.497 e.